The molecule has 5 rings (SSSR count). The molecule has 3 aromatic rings. The van der Waals surface area contributed by atoms with Gasteiger partial charge in [0.15, 0.2) is 17.3 Å². The van der Waals surface area contributed by atoms with Crippen LogP contribution in [0.4, 0.5) is 0 Å². The number of rotatable bonds is 5. The van der Waals surface area contributed by atoms with E-state index in [0.717, 1.165) is 49.9 Å². The predicted octanol–water partition coefficient (Wildman–Crippen LogP) is 2.95. The monoisotopic (exact) mass is 393 g/mol. The molecule has 1 unspecified atom stereocenters. The molecule has 0 N–H and O–H groups in total. The van der Waals surface area contributed by atoms with Crippen molar-refractivity contribution in [1.82, 2.24) is 15.0 Å². The van der Waals surface area contributed by atoms with Gasteiger partial charge in [-0.05, 0) is 23.8 Å². The molecular weight excluding hydrogens is 370 g/mol. The maximum absolute atomic E-state index is 6.01. The molecule has 1 fully saturated rings. The van der Waals surface area contributed by atoms with E-state index in [1.54, 1.807) is 0 Å². The highest BCUT2D eigenvalue weighted by atomic mass is 16.6. The van der Waals surface area contributed by atoms with Gasteiger partial charge in [0, 0.05) is 25.2 Å². The first kappa shape index (κ1) is 18.1. The Morgan fingerprint density at radius 3 is 2.66 bits per heavy atom. The Hall–Kier alpha value is -2.90. The molecule has 150 valence electrons. The molecule has 1 aromatic heterocycles. The largest absolute Gasteiger partial charge is 0.486 e. The van der Waals surface area contributed by atoms with Crippen molar-refractivity contribution in [3.8, 4) is 23.0 Å². The second kappa shape index (κ2) is 8.23. The number of ether oxygens (including phenoxy) is 3. The zero-order chi connectivity index (χ0) is 19.5. The van der Waals surface area contributed by atoms with Gasteiger partial charge in [-0.1, -0.05) is 35.5 Å². The van der Waals surface area contributed by atoms with Crippen LogP contribution in [0.15, 0.2) is 53.1 Å². The number of hydrogen-bond donors (Lipinski definition) is 0. The molecule has 2 aliphatic rings. The van der Waals surface area contributed by atoms with Crippen molar-refractivity contribution in [1.29, 1.82) is 0 Å². The number of nitrogens with zero attached hydrogens (tertiary/aromatic N) is 3. The number of para-hydroxylation sites is 2. The van der Waals surface area contributed by atoms with Gasteiger partial charge in [-0.2, -0.15) is 4.98 Å². The van der Waals surface area contributed by atoms with Crippen LogP contribution in [0.1, 0.15) is 11.4 Å². The van der Waals surface area contributed by atoms with Crippen LogP contribution in [0.25, 0.3) is 11.5 Å². The van der Waals surface area contributed by atoms with Crippen LogP contribution in [-0.2, 0) is 17.7 Å². The van der Waals surface area contributed by atoms with Gasteiger partial charge in [-0.3, -0.25) is 4.90 Å². The second-order valence-corrected chi connectivity index (χ2v) is 7.26. The molecule has 0 saturated carbocycles. The average molecular weight is 393 g/mol. The first-order valence-electron chi connectivity index (χ1n) is 9.94. The van der Waals surface area contributed by atoms with E-state index < -0.39 is 0 Å². The predicted molar refractivity (Wildman–Crippen MR) is 106 cm³/mol. The molecule has 7 heteroatoms. The normalized spacial score (nSPS) is 19.2. The van der Waals surface area contributed by atoms with Crippen molar-refractivity contribution in [2.24, 2.45) is 0 Å². The van der Waals surface area contributed by atoms with Gasteiger partial charge in [0.1, 0.15) is 12.7 Å². The summed E-state index contributed by atoms with van der Waals surface area (Å²) in [6, 6.07) is 15.9. The number of fused-ring (bicyclic) bond motifs is 1. The van der Waals surface area contributed by atoms with Crippen LogP contribution in [0.2, 0.25) is 0 Å². The van der Waals surface area contributed by atoms with Crippen LogP contribution in [0.3, 0.4) is 0 Å². The lowest BCUT2D eigenvalue weighted by atomic mass is 10.1. The maximum Gasteiger partial charge on any atom is 0.258 e. The highest BCUT2D eigenvalue weighted by Crippen LogP contribution is 2.31. The molecule has 2 aromatic carbocycles. The summed E-state index contributed by atoms with van der Waals surface area (Å²) in [5.74, 6) is 2.69. The van der Waals surface area contributed by atoms with E-state index in [-0.39, 0.29) is 6.10 Å². The molecule has 0 amide bonds. The first-order chi connectivity index (χ1) is 14.3. The summed E-state index contributed by atoms with van der Waals surface area (Å²) >= 11 is 0. The van der Waals surface area contributed by atoms with Crippen molar-refractivity contribution in [3.63, 3.8) is 0 Å². The van der Waals surface area contributed by atoms with Gasteiger partial charge in [0.05, 0.1) is 19.6 Å². The lowest BCUT2D eigenvalue weighted by molar-refractivity contribution is 0.0342. The van der Waals surface area contributed by atoms with Crippen molar-refractivity contribution in [2.75, 3.05) is 32.9 Å². The summed E-state index contributed by atoms with van der Waals surface area (Å²) in [7, 11) is 0. The molecule has 3 heterocycles. The fraction of sp³-hybridized carbons (Fsp3) is 0.364. The zero-order valence-electron chi connectivity index (χ0n) is 16.1. The Balaban J connectivity index is 1.29. The van der Waals surface area contributed by atoms with Gasteiger partial charge < -0.3 is 18.7 Å². The Kier molecular flexibility index (Phi) is 5.15. The number of morpholine rings is 1. The molecule has 29 heavy (non-hydrogen) atoms. The number of hydrogen-bond acceptors (Lipinski definition) is 7. The van der Waals surface area contributed by atoms with Crippen LogP contribution >= 0.6 is 0 Å². The Morgan fingerprint density at radius 1 is 0.966 bits per heavy atom. The van der Waals surface area contributed by atoms with Crippen molar-refractivity contribution in [2.45, 2.75) is 19.1 Å². The van der Waals surface area contributed by atoms with E-state index in [2.05, 4.69) is 21.1 Å². The van der Waals surface area contributed by atoms with Gasteiger partial charge >= 0.3 is 0 Å². The summed E-state index contributed by atoms with van der Waals surface area (Å²) in [4.78, 5) is 7.01. The van der Waals surface area contributed by atoms with Gasteiger partial charge in [-0.15, -0.1) is 0 Å². The third kappa shape index (κ3) is 4.11. The summed E-state index contributed by atoms with van der Waals surface area (Å²) < 4.78 is 22.8. The minimum absolute atomic E-state index is 0.140. The first-order valence-corrected chi connectivity index (χ1v) is 9.94. The van der Waals surface area contributed by atoms with E-state index in [4.69, 9.17) is 18.7 Å². The topological polar surface area (TPSA) is 69.9 Å². The Bertz CT molecular complexity index is 968. The fourth-order valence-corrected chi connectivity index (χ4v) is 3.68. The second-order valence-electron chi connectivity index (χ2n) is 7.26. The molecule has 2 aliphatic heterocycles. The summed E-state index contributed by atoms with van der Waals surface area (Å²) in [5.41, 5.74) is 2.15. The third-order valence-electron chi connectivity index (χ3n) is 5.19. The van der Waals surface area contributed by atoms with Crippen LogP contribution < -0.4 is 9.47 Å². The van der Waals surface area contributed by atoms with Crippen molar-refractivity contribution >= 4 is 0 Å². The van der Waals surface area contributed by atoms with E-state index in [0.29, 0.717) is 24.7 Å². The lowest BCUT2D eigenvalue weighted by Crippen LogP contribution is -2.35. The molecule has 1 saturated heterocycles. The Labute approximate surface area is 169 Å². The summed E-state index contributed by atoms with van der Waals surface area (Å²) in [6.45, 7) is 4.73. The molecular formula is C22H23N3O4. The van der Waals surface area contributed by atoms with Gasteiger partial charge in [0.2, 0.25) is 0 Å². The van der Waals surface area contributed by atoms with E-state index in [1.165, 1.54) is 5.56 Å². The smallest absolute Gasteiger partial charge is 0.258 e. The van der Waals surface area contributed by atoms with Crippen LogP contribution in [0.5, 0.6) is 11.5 Å². The highest BCUT2D eigenvalue weighted by Gasteiger charge is 2.24. The maximum atomic E-state index is 6.01. The lowest BCUT2D eigenvalue weighted by Gasteiger charge is -2.27. The summed E-state index contributed by atoms with van der Waals surface area (Å²) in [5, 5.41) is 4.18. The molecule has 0 radical (unpaired) electrons. The number of benzene rings is 2. The van der Waals surface area contributed by atoms with Crippen molar-refractivity contribution in [3.05, 3.63) is 59.9 Å². The molecule has 1 atom stereocenters. The van der Waals surface area contributed by atoms with E-state index >= 15 is 0 Å². The van der Waals surface area contributed by atoms with Crippen LogP contribution in [-0.4, -0.2) is 54.1 Å². The molecule has 0 bridgehead atoms. The van der Waals surface area contributed by atoms with E-state index in [9.17, 15) is 0 Å². The van der Waals surface area contributed by atoms with Gasteiger partial charge in [0.25, 0.3) is 5.89 Å². The van der Waals surface area contributed by atoms with E-state index in [1.807, 2.05) is 42.5 Å². The van der Waals surface area contributed by atoms with Gasteiger partial charge in [-0.25, -0.2) is 0 Å². The minimum Gasteiger partial charge on any atom is -0.486 e. The molecule has 0 aliphatic carbocycles. The molecule has 7 nitrogen and oxygen atoms in total. The standard InChI is InChI=1S/C22H23N3O4/c1-2-6-18(16(5-1)14-25-9-11-26-12-10-25)22-23-21(24-29-22)13-17-15-27-19-7-3-4-8-20(19)28-17/h1-8,17H,9-15H2. The molecule has 0 spiro atoms. The minimum atomic E-state index is -0.140. The average Bonchev–Trinajstić information content (AvgIpc) is 3.23. The number of aromatic nitrogens is 2. The van der Waals surface area contributed by atoms with Crippen molar-refractivity contribution < 1.29 is 18.7 Å². The Morgan fingerprint density at radius 2 is 1.76 bits per heavy atom. The quantitative estimate of drug-likeness (QED) is 0.660. The third-order valence-corrected chi connectivity index (χ3v) is 5.19. The fourth-order valence-electron chi connectivity index (χ4n) is 3.68. The zero-order valence-corrected chi connectivity index (χ0v) is 16.1. The highest BCUT2D eigenvalue weighted by molar-refractivity contribution is 5.58. The summed E-state index contributed by atoms with van der Waals surface area (Å²) in [6.07, 6.45) is 0.391. The van der Waals surface area contributed by atoms with Crippen LogP contribution in [0, 0.1) is 0 Å². The SMILES string of the molecule is c1ccc(-c2nc(CC3COc4ccccc4O3)no2)c(CN2CCOCC2)c1.